The summed E-state index contributed by atoms with van der Waals surface area (Å²) in [5, 5.41) is 4.14. The predicted molar refractivity (Wildman–Crippen MR) is 73.2 cm³/mol. The van der Waals surface area contributed by atoms with Crippen molar-refractivity contribution in [2.24, 2.45) is 0 Å². The van der Waals surface area contributed by atoms with Crippen LogP contribution in [-0.4, -0.2) is 4.98 Å². The summed E-state index contributed by atoms with van der Waals surface area (Å²) in [4.78, 5) is 5.43. The van der Waals surface area contributed by atoms with Gasteiger partial charge in [0.05, 0.1) is 10.7 Å². The van der Waals surface area contributed by atoms with Gasteiger partial charge in [0.25, 0.3) is 0 Å². The minimum Gasteiger partial charge on any atom is -0.305 e. The molecule has 0 bridgehead atoms. The number of aromatic nitrogens is 1. The fourth-order valence-corrected chi connectivity index (χ4v) is 2.90. The zero-order valence-electron chi connectivity index (χ0n) is 11.1. The maximum atomic E-state index is 13.6. The van der Waals surface area contributed by atoms with Crippen molar-refractivity contribution in [3.63, 3.8) is 0 Å². The Balaban J connectivity index is 2.09. The van der Waals surface area contributed by atoms with Crippen LogP contribution in [0.3, 0.4) is 0 Å². The number of benzene rings is 1. The number of hydrogen-bond acceptors (Lipinski definition) is 3. The average molecular weight is 282 g/mol. The molecule has 1 atom stereocenters. The number of nitrogens with zero attached hydrogens (tertiary/aromatic N) is 1. The zero-order valence-corrected chi connectivity index (χ0v) is 11.9. The Morgan fingerprint density at radius 1 is 1.26 bits per heavy atom. The van der Waals surface area contributed by atoms with Crippen LogP contribution in [0.2, 0.25) is 0 Å². The molecular formula is C14H16F2N2S. The summed E-state index contributed by atoms with van der Waals surface area (Å²) in [6.45, 7) is 6.20. The molecule has 1 N–H and O–H groups in total. The fraction of sp³-hybridized carbons (Fsp3) is 0.357. The van der Waals surface area contributed by atoms with E-state index >= 15 is 0 Å². The second kappa shape index (κ2) is 5.75. The van der Waals surface area contributed by atoms with Crippen LogP contribution < -0.4 is 5.32 Å². The van der Waals surface area contributed by atoms with Gasteiger partial charge in [-0.2, -0.15) is 0 Å². The minimum atomic E-state index is -0.516. The first-order valence-corrected chi connectivity index (χ1v) is 6.91. The molecule has 2 rings (SSSR count). The summed E-state index contributed by atoms with van der Waals surface area (Å²) < 4.78 is 27.2. The molecule has 0 fully saturated rings. The quantitative estimate of drug-likeness (QED) is 0.920. The zero-order chi connectivity index (χ0) is 14.0. The third-order valence-corrected chi connectivity index (χ3v) is 4.07. The van der Waals surface area contributed by atoms with E-state index < -0.39 is 11.6 Å². The van der Waals surface area contributed by atoms with Crippen LogP contribution in [0.4, 0.5) is 8.78 Å². The number of rotatable bonds is 4. The van der Waals surface area contributed by atoms with Crippen molar-refractivity contribution in [2.45, 2.75) is 33.4 Å². The van der Waals surface area contributed by atoms with Gasteiger partial charge < -0.3 is 5.32 Å². The monoisotopic (exact) mass is 282 g/mol. The van der Waals surface area contributed by atoms with Crippen LogP contribution in [-0.2, 0) is 6.54 Å². The molecule has 2 nitrogen and oxygen atoms in total. The van der Waals surface area contributed by atoms with Crippen LogP contribution in [0.25, 0.3) is 0 Å². The standard InChI is InChI=1S/C14H16F2N2S/c1-8-13(19-10(3)18-8)7-17-9(2)14-11(15)5-4-6-12(14)16/h4-6,9,17H,7H2,1-3H3. The molecule has 5 heteroatoms. The molecule has 1 unspecified atom stereocenters. The van der Waals surface area contributed by atoms with E-state index in [-0.39, 0.29) is 11.6 Å². The second-order valence-electron chi connectivity index (χ2n) is 4.48. The molecule has 0 aliphatic carbocycles. The molecule has 1 aromatic heterocycles. The van der Waals surface area contributed by atoms with Crippen LogP contribution in [0.5, 0.6) is 0 Å². The highest BCUT2D eigenvalue weighted by atomic mass is 32.1. The molecule has 0 aliphatic rings. The van der Waals surface area contributed by atoms with Gasteiger partial charge in [-0.25, -0.2) is 13.8 Å². The van der Waals surface area contributed by atoms with Crippen LogP contribution >= 0.6 is 11.3 Å². The lowest BCUT2D eigenvalue weighted by Gasteiger charge is -2.15. The number of hydrogen-bond donors (Lipinski definition) is 1. The van der Waals surface area contributed by atoms with Crippen LogP contribution in [0, 0.1) is 25.5 Å². The van der Waals surface area contributed by atoms with Gasteiger partial charge in [0, 0.05) is 23.0 Å². The van der Waals surface area contributed by atoms with E-state index in [4.69, 9.17) is 0 Å². The van der Waals surface area contributed by atoms with Gasteiger partial charge in [-0.05, 0) is 32.9 Å². The van der Waals surface area contributed by atoms with E-state index in [9.17, 15) is 8.78 Å². The Morgan fingerprint density at radius 2 is 1.89 bits per heavy atom. The summed E-state index contributed by atoms with van der Waals surface area (Å²) >= 11 is 1.60. The van der Waals surface area contributed by atoms with E-state index in [0.717, 1.165) is 15.6 Å². The van der Waals surface area contributed by atoms with Crippen molar-refractivity contribution in [3.05, 3.63) is 51.0 Å². The van der Waals surface area contributed by atoms with Gasteiger partial charge in [-0.1, -0.05) is 6.07 Å². The SMILES string of the molecule is Cc1nc(C)c(CNC(C)c2c(F)cccc2F)s1. The number of aryl methyl sites for hydroxylation is 2. The Hall–Kier alpha value is -1.33. The van der Waals surface area contributed by atoms with Crippen molar-refractivity contribution in [1.82, 2.24) is 10.3 Å². The summed E-state index contributed by atoms with van der Waals surface area (Å²) in [7, 11) is 0. The third-order valence-electron chi connectivity index (χ3n) is 3.00. The molecule has 0 saturated carbocycles. The second-order valence-corrected chi connectivity index (χ2v) is 5.77. The average Bonchev–Trinajstić information content (AvgIpc) is 2.65. The van der Waals surface area contributed by atoms with E-state index in [0.29, 0.717) is 6.54 Å². The summed E-state index contributed by atoms with van der Waals surface area (Å²) in [6.07, 6.45) is 0. The molecule has 19 heavy (non-hydrogen) atoms. The highest BCUT2D eigenvalue weighted by Gasteiger charge is 2.16. The molecule has 2 aromatic rings. The molecule has 1 heterocycles. The smallest absolute Gasteiger partial charge is 0.130 e. The third kappa shape index (κ3) is 3.16. The summed E-state index contributed by atoms with van der Waals surface area (Å²) in [6, 6.07) is 3.54. The van der Waals surface area contributed by atoms with Gasteiger partial charge in [0.1, 0.15) is 11.6 Å². The first kappa shape index (κ1) is 14.1. The molecule has 0 spiro atoms. The number of halogens is 2. The molecule has 0 amide bonds. The minimum absolute atomic E-state index is 0.0846. The molecule has 1 aromatic carbocycles. The van der Waals surface area contributed by atoms with Gasteiger partial charge in [-0.15, -0.1) is 11.3 Å². The predicted octanol–water partition coefficient (Wildman–Crippen LogP) is 3.89. The number of nitrogens with one attached hydrogen (secondary N) is 1. The first-order valence-electron chi connectivity index (χ1n) is 6.09. The molecule has 0 radical (unpaired) electrons. The van der Waals surface area contributed by atoms with Crippen LogP contribution in [0.15, 0.2) is 18.2 Å². The highest BCUT2D eigenvalue weighted by molar-refractivity contribution is 7.11. The van der Waals surface area contributed by atoms with Gasteiger partial charge in [0.2, 0.25) is 0 Å². The molecule has 102 valence electrons. The van der Waals surface area contributed by atoms with Crippen molar-refractivity contribution >= 4 is 11.3 Å². The normalized spacial score (nSPS) is 12.7. The van der Waals surface area contributed by atoms with E-state index in [2.05, 4.69) is 10.3 Å². The van der Waals surface area contributed by atoms with Gasteiger partial charge in [0.15, 0.2) is 0 Å². The van der Waals surface area contributed by atoms with E-state index in [1.807, 2.05) is 13.8 Å². The van der Waals surface area contributed by atoms with Crippen molar-refractivity contribution in [3.8, 4) is 0 Å². The van der Waals surface area contributed by atoms with Crippen LogP contribution in [0.1, 0.15) is 34.1 Å². The number of thiazole rings is 1. The lowest BCUT2D eigenvalue weighted by molar-refractivity contribution is 0.488. The van der Waals surface area contributed by atoms with Crippen molar-refractivity contribution in [1.29, 1.82) is 0 Å². The summed E-state index contributed by atoms with van der Waals surface area (Å²) in [5.74, 6) is -1.03. The Labute approximate surface area is 115 Å². The Bertz CT molecular complexity index is 561. The summed E-state index contributed by atoms with van der Waals surface area (Å²) in [5.41, 5.74) is 1.05. The molecule has 0 aliphatic heterocycles. The van der Waals surface area contributed by atoms with Gasteiger partial charge >= 0.3 is 0 Å². The molecule has 0 saturated heterocycles. The van der Waals surface area contributed by atoms with E-state index in [1.165, 1.54) is 18.2 Å². The first-order chi connectivity index (χ1) is 8.99. The maximum absolute atomic E-state index is 13.6. The molecular weight excluding hydrogens is 266 g/mol. The highest BCUT2D eigenvalue weighted by Crippen LogP contribution is 2.22. The van der Waals surface area contributed by atoms with E-state index in [1.54, 1.807) is 18.3 Å². The lowest BCUT2D eigenvalue weighted by atomic mass is 10.1. The van der Waals surface area contributed by atoms with Gasteiger partial charge in [-0.3, -0.25) is 0 Å². The lowest BCUT2D eigenvalue weighted by Crippen LogP contribution is -2.20. The van der Waals surface area contributed by atoms with Crippen molar-refractivity contribution in [2.75, 3.05) is 0 Å². The van der Waals surface area contributed by atoms with Crippen molar-refractivity contribution < 1.29 is 8.78 Å². The fourth-order valence-electron chi connectivity index (χ4n) is 2.01. The largest absolute Gasteiger partial charge is 0.305 e. The Kier molecular flexibility index (Phi) is 4.27. The topological polar surface area (TPSA) is 24.9 Å². The Morgan fingerprint density at radius 3 is 2.42 bits per heavy atom. The maximum Gasteiger partial charge on any atom is 0.130 e.